The molecule has 0 radical (unpaired) electrons. The van der Waals surface area contributed by atoms with Crippen LogP contribution in [0.3, 0.4) is 0 Å². The van der Waals surface area contributed by atoms with E-state index in [9.17, 15) is 4.79 Å². The van der Waals surface area contributed by atoms with Crippen LogP contribution in [0.1, 0.15) is 61.0 Å². The number of halogens is 1. The number of nitrogens with one attached hydrogen (secondary N) is 2. The van der Waals surface area contributed by atoms with Crippen molar-refractivity contribution in [1.29, 1.82) is 0 Å². The van der Waals surface area contributed by atoms with Gasteiger partial charge in [0.05, 0.1) is 0 Å². The fourth-order valence-electron chi connectivity index (χ4n) is 6.41. The number of hydrogen-bond donors (Lipinski definition) is 2. The van der Waals surface area contributed by atoms with Crippen LogP contribution in [0.4, 0.5) is 0 Å². The van der Waals surface area contributed by atoms with E-state index in [1.807, 2.05) is 30.3 Å². The van der Waals surface area contributed by atoms with Crippen LogP contribution in [-0.4, -0.2) is 24.5 Å². The molecule has 2 N–H and O–H groups in total. The maximum Gasteiger partial charge on any atom is 0.251 e. The molecule has 2 aliphatic heterocycles. The van der Waals surface area contributed by atoms with Crippen molar-refractivity contribution in [3.63, 3.8) is 0 Å². The van der Waals surface area contributed by atoms with Gasteiger partial charge in [-0.2, -0.15) is 0 Å². The number of rotatable bonds is 7. The van der Waals surface area contributed by atoms with Gasteiger partial charge in [-0.15, -0.1) is 17.0 Å². The first-order valence-corrected chi connectivity index (χ1v) is 12.7. The standard InChI is InChI=1S/C31H36N2O.BrH/c1-30(2)26(20-27-18-19-28(30)33-27)21-31(24-14-8-4-9-15-24,25-16-10-5-11-17-25)22-32-29(34)23-12-6-3-7-13-23;/h3-17,26-28,33H,18-22H2,1-2H3,(H,32,34);1H. The molecule has 0 spiro atoms. The van der Waals surface area contributed by atoms with Gasteiger partial charge in [0.15, 0.2) is 0 Å². The second-order valence-electron chi connectivity index (χ2n) is 10.8. The van der Waals surface area contributed by atoms with Crippen molar-refractivity contribution in [2.24, 2.45) is 11.3 Å². The molecule has 0 saturated carbocycles. The van der Waals surface area contributed by atoms with Crippen LogP contribution in [0.15, 0.2) is 91.0 Å². The van der Waals surface area contributed by atoms with Crippen LogP contribution in [0.2, 0.25) is 0 Å². The van der Waals surface area contributed by atoms with Crippen molar-refractivity contribution >= 4 is 22.9 Å². The summed E-state index contributed by atoms with van der Waals surface area (Å²) >= 11 is 0. The highest BCUT2D eigenvalue weighted by atomic mass is 79.9. The van der Waals surface area contributed by atoms with Gasteiger partial charge in [0.1, 0.15) is 0 Å². The Kier molecular flexibility index (Phi) is 7.83. The fraction of sp³-hybridized carbons (Fsp3) is 0.387. The number of amides is 1. The van der Waals surface area contributed by atoms with Crippen LogP contribution in [0, 0.1) is 11.3 Å². The lowest BCUT2D eigenvalue weighted by Gasteiger charge is -2.49. The van der Waals surface area contributed by atoms with Gasteiger partial charge in [0.2, 0.25) is 0 Å². The van der Waals surface area contributed by atoms with E-state index in [1.165, 1.54) is 30.4 Å². The molecule has 3 nitrogen and oxygen atoms in total. The van der Waals surface area contributed by atoms with Gasteiger partial charge >= 0.3 is 0 Å². The second-order valence-corrected chi connectivity index (χ2v) is 10.8. The molecule has 2 aliphatic rings. The maximum atomic E-state index is 13.2. The maximum absolute atomic E-state index is 13.2. The molecule has 2 heterocycles. The summed E-state index contributed by atoms with van der Waals surface area (Å²) in [7, 11) is 0. The van der Waals surface area contributed by atoms with Crippen LogP contribution in [-0.2, 0) is 5.41 Å². The highest BCUT2D eigenvalue weighted by molar-refractivity contribution is 8.93. The second kappa shape index (κ2) is 10.7. The Bertz CT molecular complexity index is 1060. The number of carbonyl (C=O) groups is 1. The first-order chi connectivity index (χ1) is 16.5. The average Bonchev–Trinajstić information content (AvgIpc) is 3.32. The number of fused-ring (bicyclic) bond motifs is 2. The zero-order valence-corrected chi connectivity index (χ0v) is 22.5. The molecule has 5 rings (SSSR count). The van der Waals surface area contributed by atoms with Crippen LogP contribution < -0.4 is 10.6 Å². The molecule has 0 aromatic heterocycles. The average molecular weight is 534 g/mol. The highest BCUT2D eigenvalue weighted by Crippen LogP contribution is 2.51. The van der Waals surface area contributed by atoms with Gasteiger partial charge in [0, 0.05) is 29.6 Å². The molecule has 2 bridgehead atoms. The Morgan fingerprint density at radius 1 is 0.886 bits per heavy atom. The minimum atomic E-state index is -0.300. The lowest BCUT2D eigenvalue weighted by molar-refractivity contribution is 0.0756. The number of piperidine rings is 1. The monoisotopic (exact) mass is 532 g/mol. The summed E-state index contributed by atoms with van der Waals surface area (Å²) in [6.07, 6.45) is 4.75. The quantitative estimate of drug-likeness (QED) is 0.362. The first kappa shape index (κ1) is 25.7. The summed E-state index contributed by atoms with van der Waals surface area (Å²) in [4.78, 5) is 13.2. The normalized spacial score (nSPS) is 22.7. The smallest absolute Gasteiger partial charge is 0.251 e. The molecule has 35 heavy (non-hydrogen) atoms. The SMILES string of the molecule is Br.CC1(C)C(CC(CNC(=O)c2ccccc2)(c2ccccc2)c2ccccc2)CC2CCC1N2. The third kappa shape index (κ3) is 5.10. The molecule has 3 aromatic rings. The number of benzene rings is 3. The first-order valence-electron chi connectivity index (χ1n) is 12.7. The zero-order valence-electron chi connectivity index (χ0n) is 20.7. The molecule has 1 amide bonds. The molecule has 0 aliphatic carbocycles. The van der Waals surface area contributed by atoms with E-state index in [1.54, 1.807) is 0 Å². The largest absolute Gasteiger partial charge is 0.351 e. The molecule has 3 atom stereocenters. The van der Waals surface area contributed by atoms with Gasteiger partial charge in [-0.1, -0.05) is 92.7 Å². The third-order valence-electron chi connectivity index (χ3n) is 8.59. The van der Waals surface area contributed by atoms with Gasteiger partial charge < -0.3 is 10.6 Å². The minimum Gasteiger partial charge on any atom is -0.351 e. The Labute approximate surface area is 220 Å². The molecule has 184 valence electrons. The van der Waals surface area contributed by atoms with Gasteiger partial charge in [-0.05, 0) is 60.3 Å². The molecule has 2 saturated heterocycles. The summed E-state index contributed by atoms with van der Waals surface area (Å²) in [5, 5.41) is 7.22. The molecule has 3 unspecified atom stereocenters. The predicted octanol–water partition coefficient (Wildman–Crippen LogP) is 6.54. The molecule has 2 fully saturated rings. The summed E-state index contributed by atoms with van der Waals surface area (Å²) in [6.45, 7) is 5.46. The molecule has 3 aromatic carbocycles. The van der Waals surface area contributed by atoms with Crippen molar-refractivity contribution in [2.75, 3.05) is 6.54 Å². The summed E-state index contributed by atoms with van der Waals surface area (Å²) in [5.74, 6) is 0.543. The van der Waals surface area contributed by atoms with Crippen LogP contribution >= 0.6 is 17.0 Å². The molecular weight excluding hydrogens is 496 g/mol. The van der Waals surface area contributed by atoms with E-state index in [-0.39, 0.29) is 33.7 Å². The van der Waals surface area contributed by atoms with E-state index < -0.39 is 0 Å². The van der Waals surface area contributed by atoms with Crippen LogP contribution in [0.25, 0.3) is 0 Å². The van der Waals surface area contributed by atoms with Crippen molar-refractivity contribution < 1.29 is 4.79 Å². The van der Waals surface area contributed by atoms with Crippen LogP contribution in [0.5, 0.6) is 0 Å². The molecule has 4 heteroatoms. The van der Waals surface area contributed by atoms with E-state index in [0.717, 1.165) is 6.42 Å². The minimum absolute atomic E-state index is 0. The van der Waals surface area contributed by atoms with Gasteiger partial charge in [-0.25, -0.2) is 0 Å². The topological polar surface area (TPSA) is 41.1 Å². The Morgan fingerprint density at radius 3 is 2.00 bits per heavy atom. The Balaban J connectivity index is 0.00000289. The van der Waals surface area contributed by atoms with E-state index in [2.05, 4.69) is 85.1 Å². The summed E-state index contributed by atoms with van der Waals surface area (Å²) in [5.41, 5.74) is 3.15. The van der Waals surface area contributed by atoms with E-state index in [4.69, 9.17) is 0 Å². The number of carbonyl (C=O) groups excluding carboxylic acids is 1. The molecular formula is C31H37BrN2O. The van der Waals surface area contributed by atoms with Gasteiger partial charge in [-0.3, -0.25) is 4.79 Å². The van der Waals surface area contributed by atoms with Crippen molar-refractivity contribution in [3.05, 3.63) is 108 Å². The highest BCUT2D eigenvalue weighted by Gasteiger charge is 2.50. The third-order valence-corrected chi connectivity index (χ3v) is 8.59. The predicted molar refractivity (Wildman–Crippen MR) is 149 cm³/mol. The lowest BCUT2D eigenvalue weighted by Crippen LogP contribution is -2.53. The Hall–Kier alpha value is -2.43. The van der Waals surface area contributed by atoms with Gasteiger partial charge in [0.25, 0.3) is 5.91 Å². The van der Waals surface area contributed by atoms with Crippen molar-refractivity contribution in [2.45, 2.75) is 57.0 Å². The van der Waals surface area contributed by atoms with Crippen molar-refractivity contribution in [1.82, 2.24) is 10.6 Å². The fourth-order valence-corrected chi connectivity index (χ4v) is 6.41. The zero-order chi connectivity index (χ0) is 23.6. The van der Waals surface area contributed by atoms with Crippen molar-refractivity contribution in [3.8, 4) is 0 Å². The summed E-state index contributed by atoms with van der Waals surface area (Å²) in [6, 6.07) is 32.4. The summed E-state index contributed by atoms with van der Waals surface area (Å²) < 4.78 is 0. The Morgan fingerprint density at radius 2 is 1.43 bits per heavy atom. The van der Waals surface area contributed by atoms with E-state index in [0.29, 0.717) is 30.1 Å². The van der Waals surface area contributed by atoms with E-state index >= 15 is 0 Å². The number of hydrogen-bond acceptors (Lipinski definition) is 2. The lowest BCUT2D eigenvalue weighted by atomic mass is 9.60.